The number of hydrogen-bond donors (Lipinski definition) is 0. The van der Waals surface area contributed by atoms with Gasteiger partial charge in [-0.15, -0.1) is 0 Å². The molecular weight excluding hydrogens is 320 g/mol. The van der Waals surface area contributed by atoms with Crippen LogP contribution in [0.4, 0.5) is 11.4 Å². The first kappa shape index (κ1) is 15.1. The molecular formula is C19H20N2O4. The van der Waals surface area contributed by atoms with Gasteiger partial charge < -0.3 is 14.4 Å². The van der Waals surface area contributed by atoms with Crippen molar-refractivity contribution >= 4 is 23.2 Å². The van der Waals surface area contributed by atoms with Gasteiger partial charge in [0.15, 0.2) is 0 Å². The van der Waals surface area contributed by atoms with Gasteiger partial charge in [0, 0.05) is 18.8 Å². The Morgan fingerprint density at radius 1 is 1.04 bits per heavy atom. The number of nitrogens with zero attached hydrogens (tertiary/aromatic N) is 2. The summed E-state index contributed by atoms with van der Waals surface area (Å²) >= 11 is 0. The maximum absolute atomic E-state index is 12.9. The molecule has 6 nitrogen and oxygen atoms in total. The Hall–Kier alpha value is -2.18. The summed E-state index contributed by atoms with van der Waals surface area (Å²) in [6.07, 6.45) is 3.57. The van der Waals surface area contributed by atoms with Crippen molar-refractivity contribution in [3.63, 3.8) is 0 Å². The Kier molecular flexibility index (Phi) is 3.12. The normalized spacial score (nSPS) is 36.4. The number of morpholine rings is 1. The Morgan fingerprint density at radius 3 is 2.40 bits per heavy atom. The summed E-state index contributed by atoms with van der Waals surface area (Å²) in [7, 11) is 0. The van der Waals surface area contributed by atoms with Crippen LogP contribution in [-0.2, 0) is 19.1 Å². The molecule has 6 heteroatoms. The van der Waals surface area contributed by atoms with Crippen LogP contribution >= 0.6 is 0 Å². The van der Waals surface area contributed by atoms with Crippen molar-refractivity contribution in [3.8, 4) is 0 Å². The van der Waals surface area contributed by atoms with Crippen molar-refractivity contribution in [1.82, 2.24) is 0 Å². The van der Waals surface area contributed by atoms with Gasteiger partial charge in [-0.3, -0.25) is 9.59 Å². The van der Waals surface area contributed by atoms with Gasteiger partial charge in [0.2, 0.25) is 11.8 Å². The average Bonchev–Trinajstić information content (AvgIpc) is 3.25. The molecule has 0 saturated carbocycles. The highest BCUT2D eigenvalue weighted by Crippen LogP contribution is 2.52. The smallest absolute Gasteiger partial charge is 0.241 e. The topological polar surface area (TPSA) is 59.1 Å². The van der Waals surface area contributed by atoms with Gasteiger partial charge in [0.25, 0.3) is 0 Å². The van der Waals surface area contributed by atoms with Gasteiger partial charge in [0.05, 0.1) is 42.4 Å². The van der Waals surface area contributed by atoms with Crippen LogP contribution in [0.1, 0.15) is 6.92 Å². The van der Waals surface area contributed by atoms with E-state index in [9.17, 15) is 9.59 Å². The summed E-state index contributed by atoms with van der Waals surface area (Å²) in [5.74, 6) is -1.09. The van der Waals surface area contributed by atoms with Crippen molar-refractivity contribution in [2.45, 2.75) is 18.6 Å². The van der Waals surface area contributed by atoms with Gasteiger partial charge in [-0.05, 0) is 31.2 Å². The molecule has 1 aromatic rings. The molecule has 0 N–H and O–H groups in total. The fourth-order valence-electron chi connectivity index (χ4n) is 4.54. The van der Waals surface area contributed by atoms with Crippen LogP contribution < -0.4 is 9.80 Å². The lowest BCUT2D eigenvalue weighted by Gasteiger charge is -2.29. The highest BCUT2D eigenvalue weighted by Gasteiger charge is 2.66. The van der Waals surface area contributed by atoms with Crippen LogP contribution in [-0.4, -0.2) is 49.8 Å². The second-order valence-corrected chi connectivity index (χ2v) is 7.26. The molecule has 2 bridgehead atoms. The van der Waals surface area contributed by atoms with E-state index in [1.807, 2.05) is 43.3 Å². The second-order valence-electron chi connectivity index (χ2n) is 7.26. The van der Waals surface area contributed by atoms with Crippen LogP contribution in [0.15, 0.2) is 36.4 Å². The Labute approximate surface area is 146 Å². The number of imide groups is 1. The molecule has 130 valence electrons. The SMILES string of the molecule is C[C@]12C=C[C@H](O1)[C@H]1C(=O)N(c3ccc(N4CCOCC4)cc3)C(=O)[C@@H]12. The van der Waals surface area contributed by atoms with Crippen molar-refractivity contribution in [2.75, 3.05) is 36.1 Å². The third-order valence-electron chi connectivity index (χ3n) is 5.81. The predicted octanol–water partition coefficient (Wildman–Crippen LogP) is 1.36. The minimum atomic E-state index is -0.648. The van der Waals surface area contributed by atoms with E-state index in [4.69, 9.17) is 9.47 Å². The first-order valence-electron chi connectivity index (χ1n) is 8.76. The van der Waals surface area contributed by atoms with Crippen molar-refractivity contribution in [3.05, 3.63) is 36.4 Å². The fraction of sp³-hybridized carbons (Fsp3) is 0.474. The van der Waals surface area contributed by atoms with E-state index in [0.29, 0.717) is 5.69 Å². The molecule has 0 aliphatic carbocycles. The van der Waals surface area contributed by atoms with Crippen molar-refractivity contribution in [2.24, 2.45) is 11.8 Å². The van der Waals surface area contributed by atoms with Crippen LogP contribution in [0.3, 0.4) is 0 Å². The maximum Gasteiger partial charge on any atom is 0.241 e. The standard InChI is InChI=1S/C19H20N2O4/c1-19-7-6-14(25-19)15-16(19)18(23)21(17(15)22)13-4-2-12(3-5-13)20-8-10-24-11-9-20/h2-7,14-16H,8-11H2,1H3/t14-,15+,16+,19+/m0/s1. The number of ether oxygens (including phenoxy) is 2. The summed E-state index contributed by atoms with van der Waals surface area (Å²) in [4.78, 5) is 29.4. The zero-order valence-corrected chi connectivity index (χ0v) is 14.1. The quantitative estimate of drug-likeness (QED) is 0.601. The summed E-state index contributed by atoms with van der Waals surface area (Å²) in [6.45, 7) is 5.05. The molecule has 25 heavy (non-hydrogen) atoms. The predicted molar refractivity (Wildman–Crippen MR) is 91.4 cm³/mol. The van der Waals surface area contributed by atoms with Gasteiger partial charge in [-0.25, -0.2) is 4.90 Å². The maximum atomic E-state index is 12.9. The van der Waals surface area contributed by atoms with E-state index < -0.39 is 11.5 Å². The lowest BCUT2D eigenvalue weighted by atomic mass is 9.78. The molecule has 5 rings (SSSR count). The van der Waals surface area contributed by atoms with E-state index in [2.05, 4.69) is 4.90 Å². The van der Waals surface area contributed by atoms with E-state index in [1.165, 1.54) is 4.90 Å². The lowest BCUT2D eigenvalue weighted by Crippen LogP contribution is -2.38. The molecule has 2 amide bonds. The number of carbonyl (C=O) groups is 2. The molecule has 1 aromatic carbocycles. The Bertz CT molecular complexity index is 768. The summed E-state index contributed by atoms with van der Waals surface area (Å²) < 4.78 is 11.2. The fourth-order valence-corrected chi connectivity index (χ4v) is 4.54. The first-order valence-corrected chi connectivity index (χ1v) is 8.76. The zero-order chi connectivity index (χ0) is 17.2. The van der Waals surface area contributed by atoms with Gasteiger partial charge in [0.1, 0.15) is 0 Å². The number of fused-ring (bicyclic) bond motifs is 5. The number of rotatable bonds is 2. The lowest BCUT2D eigenvalue weighted by molar-refractivity contribution is -0.126. The molecule has 0 unspecified atom stereocenters. The average molecular weight is 340 g/mol. The number of amides is 2. The summed E-state index contributed by atoms with van der Waals surface area (Å²) in [6, 6.07) is 7.67. The second kappa shape index (κ2) is 5.16. The number of carbonyl (C=O) groups excluding carboxylic acids is 2. The van der Waals surface area contributed by atoms with Crippen LogP contribution in [0.5, 0.6) is 0 Å². The largest absolute Gasteiger partial charge is 0.378 e. The van der Waals surface area contributed by atoms with Gasteiger partial charge >= 0.3 is 0 Å². The molecule has 4 aliphatic heterocycles. The molecule has 3 saturated heterocycles. The third kappa shape index (κ3) is 2.04. The molecule has 4 heterocycles. The third-order valence-corrected chi connectivity index (χ3v) is 5.81. The van der Waals surface area contributed by atoms with E-state index in [0.717, 1.165) is 32.0 Å². The number of benzene rings is 1. The van der Waals surface area contributed by atoms with Crippen LogP contribution in [0, 0.1) is 11.8 Å². The molecule has 3 fully saturated rings. The molecule has 4 aliphatic rings. The Balaban J connectivity index is 1.42. The molecule has 0 radical (unpaired) electrons. The van der Waals surface area contributed by atoms with Crippen molar-refractivity contribution < 1.29 is 19.1 Å². The molecule has 4 atom stereocenters. The first-order chi connectivity index (χ1) is 12.1. The molecule has 0 spiro atoms. The van der Waals surface area contributed by atoms with Gasteiger partial charge in [-0.2, -0.15) is 0 Å². The highest BCUT2D eigenvalue weighted by molar-refractivity contribution is 6.23. The zero-order valence-electron chi connectivity index (χ0n) is 14.1. The number of hydrogen-bond acceptors (Lipinski definition) is 5. The highest BCUT2D eigenvalue weighted by atomic mass is 16.5. The Morgan fingerprint density at radius 2 is 1.72 bits per heavy atom. The van der Waals surface area contributed by atoms with Crippen LogP contribution in [0.25, 0.3) is 0 Å². The summed E-state index contributed by atoms with van der Waals surface area (Å²) in [5, 5.41) is 0. The summed E-state index contributed by atoms with van der Waals surface area (Å²) in [5.41, 5.74) is 1.08. The van der Waals surface area contributed by atoms with E-state index >= 15 is 0 Å². The van der Waals surface area contributed by atoms with Crippen LogP contribution in [0.2, 0.25) is 0 Å². The monoisotopic (exact) mass is 340 g/mol. The van der Waals surface area contributed by atoms with Crippen molar-refractivity contribution in [1.29, 1.82) is 0 Å². The minimum absolute atomic E-state index is 0.146. The number of anilines is 2. The van der Waals surface area contributed by atoms with E-state index in [1.54, 1.807) is 0 Å². The van der Waals surface area contributed by atoms with E-state index in [-0.39, 0.29) is 23.8 Å². The molecule has 0 aromatic heterocycles. The van der Waals surface area contributed by atoms with Gasteiger partial charge in [-0.1, -0.05) is 12.2 Å². The minimum Gasteiger partial charge on any atom is -0.378 e.